The Morgan fingerprint density at radius 2 is 1.66 bits per heavy atom. The average Bonchev–Trinajstić information content (AvgIpc) is 3.23. The van der Waals surface area contributed by atoms with Gasteiger partial charge in [0.2, 0.25) is 0 Å². The lowest BCUT2D eigenvalue weighted by Gasteiger charge is -2.22. The summed E-state index contributed by atoms with van der Waals surface area (Å²) in [5.41, 5.74) is -2.25. The first-order chi connectivity index (χ1) is 16.2. The van der Waals surface area contributed by atoms with Crippen molar-refractivity contribution in [2.24, 2.45) is 11.3 Å². The van der Waals surface area contributed by atoms with Crippen LogP contribution in [0.25, 0.3) is 11.3 Å². The highest BCUT2D eigenvalue weighted by molar-refractivity contribution is 5.97. The monoisotopic (exact) mass is 500 g/mol. The maximum Gasteiger partial charge on any atom is 0.417 e. The van der Waals surface area contributed by atoms with Crippen LogP contribution in [0.4, 0.5) is 26.3 Å². The van der Waals surface area contributed by atoms with Gasteiger partial charge in [-0.3, -0.25) is 4.79 Å². The van der Waals surface area contributed by atoms with E-state index in [-0.39, 0.29) is 28.6 Å². The summed E-state index contributed by atoms with van der Waals surface area (Å²) in [5.74, 6) is -0.244. The van der Waals surface area contributed by atoms with Crippen molar-refractivity contribution in [3.05, 3.63) is 46.6 Å². The van der Waals surface area contributed by atoms with Crippen molar-refractivity contribution in [2.45, 2.75) is 84.2 Å². The van der Waals surface area contributed by atoms with Crippen molar-refractivity contribution in [3.8, 4) is 11.3 Å². The normalized spacial score (nSPS) is 20.7. The first-order valence-electron chi connectivity index (χ1n) is 12.0. The van der Waals surface area contributed by atoms with E-state index in [2.05, 4.69) is 5.32 Å². The number of carbonyl (C=O) groups is 1. The van der Waals surface area contributed by atoms with E-state index in [4.69, 9.17) is 0 Å². The molecule has 1 N–H and O–H groups in total. The number of amides is 1. The maximum absolute atomic E-state index is 13.9. The lowest BCUT2D eigenvalue weighted by molar-refractivity contribution is -0.141. The van der Waals surface area contributed by atoms with Gasteiger partial charge in [0.1, 0.15) is 0 Å². The topological polar surface area (TPSA) is 34.0 Å². The van der Waals surface area contributed by atoms with Crippen molar-refractivity contribution in [1.29, 1.82) is 0 Å². The molecular formula is C26H30F6N2O. The Labute approximate surface area is 200 Å². The molecule has 2 aliphatic rings. The van der Waals surface area contributed by atoms with Gasteiger partial charge in [0.15, 0.2) is 0 Å². The fourth-order valence-electron chi connectivity index (χ4n) is 5.13. The number of carbonyl (C=O) groups excluding carboxylic acids is 1. The van der Waals surface area contributed by atoms with Crippen LogP contribution in [-0.4, -0.2) is 16.5 Å². The van der Waals surface area contributed by atoms with Crippen LogP contribution >= 0.6 is 0 Å². The molecule has 0 spiro atoms. The zero-order chi connectivity index (χ0) is 25.8. The summed E-state index contributed by atoms with van der Waals surface area (Å²) >= 11 is 0. The second kappa shape index (κ2) is 8.89. The Kier molecular flexibility index (Phi) is 6.51. The zero-order valence-corrected chi connectivity index (χ0v) is 20.0. The standard InChI is InChI=1S/C26H30F6N2O/c1-15-19(23(35)33-18-7-5-4-6-8-18)12-22(34(15)14-17-13-24(17,2)3)20-11-16(25(27,28)29)9-10-21(20)26(30,31)32/h9-12,17-18H,4-8,13-14H2,1-3H3,(H,33,35). The molecule has 0 aliphatic heterocycles. The second-order valence-corrected chi connectivity index (χ2v) is 10.6. The van der Waals surface area contributed by atoms with Crippen molar-refractivity contribution in [1.82, 2.24) is 9.88 Å². The van der Waals surface area contributed by atoms with Gasteiger partial charge < -0.3 is 9.88 Å². The highest BCUT2D eigenvalue weighted by Gasteiger charge is 2.46. The summed E-state index contributed by atoms with van der Waals surface area (Å²) in [6.45, 7) is 6.06. The largest absolute Gasteiger partial charge is 0.417 e. The molecule has 0 saturated heterocycles. The van der Waals surface area contributed by atoms with Crippen LogP contribution in [-0.2, 0) is 18.9 Å². The van der Waals surface area contributed by atoms with Gasteiger partial charge in [-0.25, -0.2) is 0 Å². The molecule has 1 amide bonds. The van der Waals surface area contributed by atoms with E-state index >= 15 is 0 Å². The Hall–Kier alpha value is -2.45. The van der Waals surface area contributed by atoms with Crippen molar-refractivity contribution in [2.75, 3.05) is 0 Å². The van der Waals surface area contributed by atoms with Gasteiger partial charge in [0.05, 0.1) is 16.7 Å². The lowest BCUT2D eigenvalue weighted by atomic mass is 9.95. The third-order valence-electron chi connectivity index (χ3n) is 7.60. The van der Waals surface area contributed by atoms with Gasteiger partial charge in [-0.1, -0.05) is 33.1 Å². The van der Waals surface area contributed by atoms with E-state index in [0.29, 0.717) is 30.4 Å². The van der Waals surface area contributed by atoms with Gasteiger partial charge in [0, 0.05) is 29.5 Å². The molecule has 1 heterocycles. The molecule has 2 aliphatic carbocycles. The van der Waals surface area contributed by atoms with Crippen LogP contribution in [0.1, 0.15) is 79.6 Å². The molecule has 192 valence electrons. The molecule has 2 saturated carbocycles. The van der Waals surface area contributed by atoms with E-state index in [1.54, 1.807) is 11.5 Å². The fraction of sp³-hybridized carbons (Fsp3) is 0.577. The zero-order valence-electron chi connectivity index (χ0n) is 20.0. The molecule has 1 aromatic carbocycles. The van der Waals surface area contributed by atoms with Crippen LogP contribution in [0.3, 0.4) is 0 Å². The number of aromatic nitrogens is 1. The molecule has 3 nitrogen and oxygen atoms in total. The van der Waals surface area contributed by atoms with Crippen LogP contribution in [0.15, 0.2) is 24.3 Å². The lowest BCUT2D eigenvalue weighted by Crippen LogP contribution is -2.36. The van der Waals surface area contributed by atoms with Crippen LogP contribution in [0.5, 0.6) is 0 Å². The summed E-state index contributed by atoms with van der Waals surface area (Å²) < 4.78 is 83.7. The minimum atomic E-state index is -4.86. The Morgan fingerprint density at radius 1 is 1.03 bits per heavy atom. The number of hydrogen-bond donors (Lipinski definition) is 1. The SMILES string of the molecule is Cc1c(C(=O)NC2CCCCC2)cc(-c2cc(C(F)(F)F)ccc2C(F)(F)F)n1CC1CC1(C)C. The van der Waals surface area contributed by atoms with Crippen LogP contribution in [0, 0.1) is 18.3 Å². The molecule has 2 fully saturated rings. The van der Waals surface area contributed by atoms with Crippen LogP contribution < -0.4 is 5.32 Å². The molecule has 35 heavy (non-hydrogen) atoms. The molecule has 4 rings (SSSR count). The number of nitrogens with zero attached hydrogens (tertiary/aromatic N) is 1. The molecule has 9 heteroatoms. The molecular weight excluding hydrogens is 470 g/mol. The third kappa shape index (κ3) is 5.38. The molecule has 1 aromatic heterocycles. The highest BCUT2D eigenvalue weighted by atomic mass is 19.4. The van der Waals surface area contributed by atoms with E-state index in [1.165, 1.54) is 6.07 Å². The van der Waals surface area contributed by atoms with E-state index < -0.39 is 35.0 Å². The minimum Gasteiger partial charge on any atom is -0.349 e. The van der Waals surface area contributed by atoms with Crippen molar-refractivity contribution in [3.63, 3.8) is 0 Å². The van der Waals surface area contributed by atoms with E-state index in [1.807, 2.05) is 13.8 Å². The Morgan fingerprint density at radius 3 is 2.20 bits per heavy atom. The van der Waals surface area contributed by atoms with Gasteiger partial charge >= 0.3 is 12.4 Å². The average molecular weight is 501 g/mol. The first kappa shape index (κ1) is 25.6. The van der Waals surface area contributed by atoms with Crippen LogP contribution in [0.2, 0.25) is 0 Å². The number of alkyl halides is 6. The van der Waals surface area contributed by atoms with Crippen molar-refractivity contribution >= 4 is 5.91 Å². The number of rotatable bonds is 5. The summed E-state index contributed by atoms with van der Waals surface area (Å²) in [6, 6.07) is 2.80. The quantitative estimate of drug-likeness (QED) is 0.421. The second-order valence-electron chi connectivity index (χ2n) is 10.6. The minimum absolute atomic E-state index is 0.0101. The van der Waals surface area contributed by atoms with Gasteiger partial charge in [-0.2, -0.15) is 26.3 Å². The van der Waals surface area contributed by atoms with E-state index in [9.17, 15) is 31.1 Å². The Bertz CT molecular complexity index is 1110. The predicted octanol–water partition coefficient (Wildman–Crippen LogP) is 7.61. The molecule has 0 radical (unpaired) electrons. The van der Waals surface area contributed by atoms with Crippen molar-refractivity contribution < 1.29 is 31.1 Å². The smallest absolute Gasteiger partial charge is 0.349 e. The van der Waals surface area contributed by atoms with Gasteiger partial charge in [-0.15, -0.1) is 0 Å². The molecule has 1 atom stereocenters. The van der Waals surface area contributed by atoms with Gasteiger partial charge in [0.25, 0.3) is 5.91 Å². The number of halogens is 6. The fourth-order valence-corrected chi connectivity index (χ4v) is 5.13. The summed E-state index contributed by atoms with van der Waals surface area (Å²) in [4.78, 5) is 13.1. The number of benzene rings is 1. The Balaban J connectivity index is 1.83. The molecule has 0 bridgehead atoms. The first-order valence-corrected chi connectivity index (χ1v) is 12.0. The highest BCUT2D eigenvalue weighted by Crippen LogP contribution is 2.53. The van der Waals surface area contributed by atoms with E-state index in [0.717, 1.165) is 38.5 Å². The predicted molar refractivity (Wildman–Crippen MR) is 121 cm³/mol. The van der Waals surface area contributed by atoms with Gasteiger partial charge in [-0.05, 0) is 61.8 Å². The maximum atomic E-state index is 13.9. The summed E-state index contributed by atoms with van der Waals surface area (Å²) in [6.07, 6.45) is -4.06. The number of hydrogen-bond acceptors (Lipinski definition) is 1. The summed E-state index contributed by atoms with van der Waals surface area (Å²) in [7, 11) is 0. The summed E-state index contributed by atoms with van der Waals surface area (Å²) in [5, 5.41) is 2.98. The third-order valence-corrected chi connectivity index (χ3v) is 7.60. The molecule has 2 aromatic rings. The molecule has 1 unspecified atom stereocenters. The number of nitrogens with one attached hydrogen (secondary N) is 1.